The second-order valence-corrected chi connectivity index (χ2v) is 5.72. The zero-order chi connectivity index (χ0) is 17.6. The first kappa shape index (κ1) is 17.2. The van der Waals surface area contributed by atoms with Gasteiger partial charge in [0.15, 0.2) is 11.5 Å². The summed E-state index contributed by atoms with van der Waals surface area (Å²) in [5.74, 6) is 2.54. The number of hydrogen-bond donors (Lipinski definition) is 2. The van der Waals surface area contributed by atoms with E-state index in [1.54, 1.807) is 19.4 Å². The lowest BCUT2D eigenvalue weighted by Gasteiger charge is -2.22. The number of hydrogen-bond acceptors (Lipinski definition) is 6. The number of furan rings is 1. The van der Waals surface area contributed by atoms with E-state index in [-0.39, 0.29) is 11.9 Å². The van der Waals surface area contributed by atoms with Crippen molar-refractivity contribution in [1.29, 1.82) is 0 Å². The number of nitrogens with one attached hydrogen (secondary N) is 2. The van der Waals surface area contributed by atoms with Gasteiger partial charge in [-0.3, -0.25) is 4.79 Å². The zero-order valence-electron chi connectivity index (χ0n) is 14.3. The maximum atomic E-state index is 12.1. The highest BCUT2D eigenvalue weighted by molar-refractivity contribution is 5.81. The highest BCUT2D eigenvalue weighted by Crippen LogP contribution is 2.40. The third kappa shape index (κ3) is 4.24. The SMILES string of the molecule is COc1cc(CNC(C)C(=O)NCc2ccco2)cc2c1OCCO2. The summed E-state index contributed by atoms with van der Waals surface area (Å²) < 4.78 is 21.8. The van der Waals surface area contributed by atoms with Crippen LogP contribution < -0.4 is 24.8 Å². The summed E-state index contributed by atoms with van der Waals surface area (Å²) in [4.78, 5) is 12.1. The highest BCUT2D eigenvalue weighted by Gasteiger charge is 2.19. The Morgan fingerprint density at radius 1 is 1.28 bits per heavy atom. The Balaban J connectivity index is 1.56. The fourth-order valence-electron chi connectivity index (χ4n) is 2.53. The number of carbonyl (C=O) groups excluding carboxylic acids is 1. The molecule has 1 atom stereocenters. The zero-order valence-corrected chi connectivity index (χ0v) is 14.3. The molecule has 2 N–H and O–H groups in total. The van der Waals surface area contributed by atoms with E-state index in [1.807, 2.05) is 25.1 Å². The molecule has 1 aliphatic rings. The quantitative estimate of drug-likeness (QED) is 0.796. The van der Waals surface area contributed by atoms with Crippen molar-refractivity contribution in [1.82, 2.24) is 10.6 Å². The van der Waals surface area contributed by atoms with Crippen LogP contribution in [0.4, 0.5) is 0 Å². The van der Waals surface area contributed by atoms with Gasteiger partial charge in [-0.15, -0.1) is 0 Å². The van der Waals surface area contributed by atoms with Crippen LogP contribution in [0.3, 0.4) is 0 Å². The fourth-order valence-corrected chi connectivity index (χ4v) is 2.53. The first-order valence-electron chi connectivity index (χ1n) is 8.17. The third-order valence-electron chi connectivity index (χ3n) is 3.91. The van der Waals surface area contributed by atoms with Gasteiger partial charge in [-0.05, 0) is 36.8 Å². The Morgan fingerprint density at radius 3 is 2.88 bits per heavy atom. The van der Waals surface area contributed by atoms with E-state index in [2.05, 4.69) is 10.6 Å². The first-order valence-corrected chi connectivity index (χ1v) is 8.17. The van der Waals surface area contributed by atoms with E-state index >= 15 is 0 Å². The number of fused-ring (bicyclic) bond motifs is 1. The predicted octanol–water partition coefficient (Wildman–Crippen LogP) is 1.85. The van der Waals surface area contributed by atoms with E-state index in [1.165, 1.54) is 0 Å². The van der Waals surface area contributed by atoms with Gasteiger partial charge in [0.1, 0.15) is 19.0 Å². The van der Waals surface area contributed by atoms with Crippen molar-refractivity contribution in [3.63, 3.8) is 0 Å². The molecular weight excluding hydrogens is 324 g/mol. The molecule has 0 radical (unpaired) electrons. The maximum Gasteiger partial charge on any atom is 0.237 e. The lowest BCUT2D eigenvalue weighted by Crippen LogP contribution is -2.41. The van der Waals surface area contributed by atoms with Crippen LogP contribution in [-0.4, -0.2) is 32.3 Å². The summed E-state index contributed by atoms with van der Waals surface area (Å²) in [7, 11) is 1.59. The summed E-state index contributed by atoms with van der Waals surface area (Å²) in [6.45, 7) is 3.71. The normalized spacial score (nSPS) is 14.0. The summed E-state index contributed by atoms with van der Waals surface area (Å²) in [6, 6.07) is 7.04. The van der Waals surface area contributed by atoms with E-state index in [0.717, 1.165) is 11.3 Å². The van der Waals surface area contributed by atoms with Gasteiger partial charge in [0.05, 0.1) is 26.0 Å². The number of amides is 1. The van der Waals surface area contributed by atoms with Crippen LogP contribution >= 0.6 is 0 Å². The van der Waals surface area contributed by atoms with Crippen molar-refractivity contribution in [2.45, 2.75) is 26.1 Å². The van der Waals surface area contributed by atoms with Crippen LogP contribution in [0.1, 0.15) is 18.2 Å². The molecule has 1 aromatic heterocycles. The molecule has 0 saturated heterocycles. The van der Waals surface area contributed by atoms with Crippen LogP contribution in [0.2, 0.25) is 0 Å². The minimum Gasteiger partial charge on any atom is -0.493 e. The van der Waals surface area contributed by atoms with Crippen molar-refractivity contribution in [2.75, 3.05) is 20.3 Å². The average molecular weight is 346 g/mol. The smallest absolute Gasteiger partial charge is 0.237 e. The van der Waals surface area contributed by atoms with E-state index in [4.69, 9.17) is 18.6 Å². The Labute approximate surface area is 146 Å². The van der Waals surface area contributed by atoms with Gasteiger partial charge < -0.3 is 29.3 Å². The number of carbonyl (C=O) groups is 1. The minimum absolute atomic E-state index is 0.0964. The number of methoxy groups -OCH3 is 1. The molecule has 3 rings (SSSR count). The molecule has 134 valence electrons. The van der Waals surface area contributed by atoms with E-state index in [9.17, 15) is 4.79 Å². The van der Waals surface area contributed by atoms with Gasteiger partial charge in [-0.25, -0.2) is 0 Å². The minimum atomic E-state index is -0.353. The summed E-state index contributed by atoms with van der Waals surface area (Å²) >= 11 is 0. The van der Waals surface area contributed by atoms with Gasteiger partial charge in [0, 0.05) is 6.54 Å². The molecule has 1 amide bonds. The third-order valence-corrected chi connectivity index (χ3v) is 3.91. The summed E-state index contributed by atoms with van der Waals surface area (Å²) in [6.07, 6.45) is 1.58. The summed E-state index contributed by atoms with van der Waals surface area (Å²) in [5, 5.41) is 6.02. The van der Waals surface area contributed by atoms with Crippen molar-refractivity contribution in [3.8, 4) is 17.2 Å². The van der Waals surface area contributed by atoms with Gasteiger partial charge in [0.25, 0.3) is 0 Å². The number of benzene rings is 1. The number of ether oxygens (including phenoxy) is 3. The molecule has 0 spiro atoms. The van der Waals surface area contributed by atoms with Crippen molar-refractivity contribution in [3.05, 3.63) is 41.9 Å². The van der Waals surface area contributed by atoms with Gasteiger partial charge >= 0.3 is 0 Å². The molecule has 7 nitrogen and oxygen atoms in total. The highest BCUT2D eigenvalue weighted by atomic mass is 16.6. The molecule has 2 heterocycles. The predicted molar refractivity (Wildman–Crippen MR) is 90.8 cm³/mol. The second kappa shape index (κ2) is 7.94. The molecule has 1 aliphatic heterocycles. The maximum absolute atomic E-state index is 12.1. The molecule has 0 aliphatic carbocycles. The molecule has 7 heteroatoms. The Kier molecular flexibility index (Phi) is 5.45. The van der Waals surface area contributed by atoms with E-state index in [0.29, 0.717) is 43.6 Å². The lowest BCUT2D eigenvalue weighted by atomic mass is 10.1. The summed E-state index contributed by atoms with van der Waals surface area (Å²) in [5.41, 5.74) is 0.951. The molecule has 0 saturated carbocycles. The average Bonchev–Trinajstić information content (AvgIpc) is 3.16. The molecule has 1 aromatic carbocycles. The Hall–Kier alpha value is -2.67. The molecule has 0 bridgehead atoms. The molecule has 1 unspecified atom stereocenters. The largest absolute Gasteiger partial charge is 0.493 e. The van der Waals surface area contributed by atoms with Gasteiger partial charge in [-0.1, -0.05) is 0 Å². The molecule has 0 fully saturated rings. The monoisotopic (exact) mass is 346 g/mol. The topological polar surface area (TPSA) is 82.0 Å². The lowest BCUT2D eigenvalue weighted by molar-refractivity contribution is -0.123. The fraction of sp³-hybridized carbons (Fsp3) is 0.389. The molecule has 2 aromatic rings. The van der Waals surface area contributed by atoms with Gasteiger partial charge in [0.2, 0.25) is 11.7 Å². The van der Waals surface area contributed by atoms with Crippen LogP contribution in [0.15, 0.2) is 34.9 Å². The molecule has 25 heavy (non-hydrogen) atoms. The van der Waals surface area contributed by atoms with Crippen LogP contribution in [0.5, 0.6) is 17.2 Å². The van der Waals surface area contributed by atoms with Crippen LogP contribution in [0, 0.1) is 0 Å². The second-order valence-electron chi connectivity index (χ2n) is 5.72. The number of rotatable bonds is 7. The first-order chi connectivity index (χ1) is 12.2. The van der Waals surface area contributed by atoms with Crippen molar-refractivity contribution >= 4 is 5.91 Å². The van der Waals surface area contributed by atoms with E-state index < -0.39 is 0 Å². The van der Waals surface area contributed by atoms with Gasteiger partial charge in [-0.2, -0.15) is 0 Å². The van der Waals surface area contributed by atoms with Crippen molar-refractivity contribution in [2.24, 2.45) is 0 Å². The van der Waals surface area contributed by atoms with Crippen LogP contribution in [0.25, 0.3) is 0 Å². The standard InChI is InChI=1S/C18H22N2O5/c1-12(18(21)20-11-14-4-3-5-23-14)19-10-13-8-15(22-2)17-16(9-13)24-6-7-25-17/h3-5,8-9,12,19H,6-7,10-11H2,1-2H3,(H,20,21). The Bertz CT molecular complexity index is 697. The molecular formula is C18H22N2O5. The Morgan fingerprint density at radius 2 is 2.12 bits per heavy atom. The van der Waals surface area contributed by atoms with Crippen LogP contribution in [-0.2, 0) is 17.9 Å². The van der Waals surface area contributed by atoms with Crippen molar-refractivity contribution < 1.29 is 23.4 Å².